The van der Waals surface area contributed by atoms with Gasteiger partial charge in [0.15, 0.2) is 6.61 Å². The van der Waals surface area contributed by atoms with Crippen LogP contribution in [-0.2, 0) is 9.53 Å². The maximum Gasteiger partial charge on any atom is 0.344 e. The molecule has 0 unspecified atom stereocenters. The fourth-order valence-corrected chi connectivity index (χ4v) is 2.82. The van der Waals surface area contributed by atoms with Gasteiger partial charge in [0.2, 0.25) is 5.43 Å². The molecule has 0 aliphatic carbocycles. The molecule has 0 aliphatic rings. The fourth-order valence-electron chi connectivity index (χ4n) is 2.58. The molecule has 0 saturated carbocycles. The second-order valence-electron chi connectivity index (χ2n) is 5.98. The number of hydrogen-bond acceptors (Lipinski definition) is 5. The minimum absolute atomic E-state index is 0.185. The zero-order valence-corrected chi connectivity index (χ0v) is 15.6. The highest BCUT2D eigenvalue weighted by Gasteiger charge is 2.13. The van der Waals surface area contributed by atoms with Crippen molar-refractivity contribution < 1.29 is 18.7 Å². The van der Waals surface area contributed by atoms with Crippen molar-refractivity contribution >= 4 is 28.5 Å². The summed E-state index contributed by atoms with van der Waals surface area (Å²) in [7, 11) is 0. The molecular weight excluding hydrogens is 368 g/mol. The van der Waals surface area contributed by atoms with Crippen molar-refractivity contribution in [2.45, 2.75) is 19.8 Å². The summed E-state index contributed by atoms with van der Waals surface area (Å²) in [5, 5.41) is 0.885. The number of hydrogen-bond donors (Lipinski definition) is 0. The first-order chi connectivity index (χ1) is 13.1. The summed E-state index contributed by atoms with van der Waals surface area (Å²) in [4.78, 5) is 24.4. The number of halogens is 1. The van der Waals surface area contributed by atoms with E-state index in [1.165, 1.54) is 6.26 Å². The smallest absolute Gasteiger partial charge is 0.344 e. The Bertz CT molecular complexity index is 1010. The molecular formula is C21H19ClO5. The van der Waals surface area contributed by atoms with Crippen LogP contribution in [0.1, 0.15) is 19.8 Å². The third-order valence-electron chi connectivity index (χ3n) is 4.03. The molecule has 0 atom stereocenters. The lowest BCUT2D eigenvalue weighted by Gasteiger charge is -2.08. The van der Waals surface area contributed by atoms with E-state index in [1.54, 1.807) is 42.5 Å². The van der Waals surface area contributed by atoms with Crippen LogP contribution in [0, 0.1) is 0 Å². The summed E-state index contributed by atoms with van der Waals surface area (Å²) in [5.74, 6) is -0.0114. The van der Waals surface area contributed by atoms with Crippen LogP contribution < -0.4 is 10.2 Å². The van der Waals surface area contributed by atoms with E-state index in [1.807, 2.05) is 6.92 Å². The lowest BCUT2D eigenvalue weighted by molar-refractivity contribution is -0.146. The number of rotatable bonds is 7. The second-order valence-corrected chi connectivity index (χ2v) is 6.39. The van der Waals surface area contributed by atoms with E-state index in [4.69, 9.17) is 25.5 Å². The standard InChI is InChI=1S/C21H19ClO5/c1-2-3-10-25-20(23)13-26-14-8-9-16-19(11-14)27-12-17(21(16)24)15-6-4-5-7-18(15)22/h4-9,11-12H,2-3,10,13H2,1H3. The van der Waals surface area contributed by atoms with Gasteiger partial charge in [-0.1, -0.05) is 43.1 Å². The van der Waals surface area contributed by atoms with E-state index in [0.717, 1.165) is 12.8 Å². The summed E-state index contributed by atoms with van der Waals surface area (Å²) >= 11 is 6.18. The van der Waals surface area contributed by atoms with E-state index in [-0.39, 0.29) is 12.0 Å². The van der Waals surface area contributed by atoms with Crippen LogP contribution in [-0.4, -0.2) is 19.2 Å². The third-order valence-corrected chi connectivity index (χ3v) is 4.36. The summed E-state index contributed by atoms with van der Waals surface area (Å²) < 4.78 is 16.1. The molecule has 0 bridgehead atoms. The normalized spacial score (nSPS) is 10.7. The van der Waals surface area contributed by atoms with Gasteiger partial charge in [-0.3, -0.25) is 4.79 Å². The predicted octanol–water partition coefficient (Wildman–Crippen LogP) is 4.84. The van der Waals surface area contributed by atoms with Crippen molar-refractivity contribution in [1.29, 1.82) is 0 Å². The van der Waals surface area contributed by atoms with Gasteiger partial charge in [0.1, 0.15) is 17.6 Å². The van der Waals surface area contributed by atoms with Crippen molar-refractivity contribution in [3.05, 3.63) is 64.0 Å². The number of ether oxygens (including phenoxy) is 2. The quantitative estimate of drug-likeness (QED) is 0.429. The largest absolute Gasteiger partial charge is 0.482 e. The summed E-state index contributed by atoms with van der Waals surface area (Å²) in [6, 6.07) is 11.9. The Morgan fingerprint density at radius 3 is 2.74 bits per heavy atom. The Hall–Kier alpha value is -2.79. The van der Waals surface area contributed by atoms with Gasteiger partial charge in [0, 0.05) is 16.7 Å². The SMILES string of the molecule is CCCCOC(=O)COc1ccc2c(=O)c(-c3ccccc3Cl)coc2c1. The second kappa shape index (κ2) is 8.73. The van der Waals surface area contributed by atoms with Gasteiger partial charge in [-0.2, -0.15) is 0 Å². The van der Waals surface area contributed by atoms with Crippen LogP contribution >= 0.6 is 11.6 Å². The minimum atomic E-state index is -0.431. The average Bonchev–Trinajstić information content (AvgIpc) is 2.68. The van der Waals surface area contributed by atoms with Gasteiger partial charge >= 0.3 is 5.97 Å². The number of esters is 1. The first kappa shape index (κ1) is 19.0. The molecule has 2 aromatic carbocycles. The Balaban J connectivity index is 1.79. The number of benzene rings is 2. The van der Waals surface area contributed by atoms with Crippen molar-refractivity contribution in [2.24, 2.45) is 0 Å². The number of carbonyl (C=O) groups is 1. The van der Waals surface area contributed by atoms with Crippen LogP contribution in [0.15, 0.2) is 57.9 Å². The summed E-state index contributed by atoms with van der Waals surface area (Å²) in [5.41, 5.74) is 1.19. The van der Waals surface area contributed by atoms with Crippen LogP contribution in [0.25, 0.3) is 22.1 Å². The van der Waals surface area contributed by atoms with E-state index >= 15 is 0 Å². The van der Waals surface area contributed by atoms with Crippen LogP contribution in [0.3, 0.4) is 0 Å². The van der Waals surface area contributed by atoms with E-state index in [0.29, 0.717) is 39.5 Å². The predicted molar refractivity (Wildman–Crippen MR) is 104 cm³/mol. The molecule has 1 heterocycles. The summed E-state index contributed by atoms with van der Waals surface area (Å²) in [6.07, 6.45) is 3.16. The Labute approximate surface area is 161 Å². The molecule has 140 valence electrons. The van der Waals surface area contributed by atoms with Crippen molar-refractivity contribution in [1.82, 2.24) is 0 Å². The fraction of sp³-hybridized carbons (Fsp3) is 0.238. The van der Waals surface area contributed by atoms with E-state index in [2.05, 4.69) is 0 Å². The van der Waals surface area contributed by atoms with Gasteiger partial charge < -0.3 is 13.9 Å². The van der Waals surface area contributed by atoms with Gasteiger partial charge in [-0.25, -0.2) is 4.79 Å². The van der Waals surface area contributed by atoms with Crippen molar-refractivity contribution in [2.75, 3.05) is 13.2 Å². The molecule has 0 fully saturated rings. The minimum Gasteiger partial charge on any atom is -0.482 e. The zero-order chi connectivity index (χ0) is 19.2. The maximum atomic E-state index is 12.8. The number of unbranched alkanes of at least 4 members (excludes halogenated alkanes) is 1. The van der Waals surface area contributed by atoms with Gasteiger partial charge in [0.05, 0.1) is 17.6 Å². The first-order valence-corrected chi connectivity index (χ1v) is 9.07. The van der Waals surface area contributed by atoms with E-state index < -0.39 is 5.97 Å². The highest BCUT2D eigenvalue weighted by Crippen LogP contribution is 2.27. The molecule has 3 aromatic rings. The first-order valence-electron chi connectivity index (χ1n) is 8.69. The molecule has 0 aliphatic heterocycles. The highest BCUT2D eigenvalue weighted by molar-refractivity contribution is 6.33. The van der Waals surface area contributed by atoms with Gasteiger partial charge in [0.25, 0.3) is 0 Å². The topological polar surface area (TPSA) is 65.7 Å². The molecule has 0 N–H and O–H groups in total. The van der Waals surface area contributed by atoms with Crippen molar-refractivity contribution in [3.63, 3.8) is 0 Å². The van der Waals surface area contributed by atoms with Gasteiger partial charge in [-0.15, -0.1) is 0 Å². The highest BCUT2D eigenvalue weighted by atomic mass is 35.5. The van der Waals surface area contributed by atoms with Crippen LogP contribution in [0.2, 0.25) is 5.02 Å². The monoisotopic (exact) mass is 386 g/mol. The molecule has 3 rings (SSSR count). The molecule has 0 radical (unpaired) electrons. The molecule has 0 spiro atoms. The lowest BCUT2D eigenvalue weighted by atomic mass is 10.1. The van der Waals surface area contributed by atoms with Crippen LogP contribution in [0.5, 0.6) is 5.75 Å². The maximum absolute atomic E-state index is 12.8. The molecule has 5 nitrogen and oxygen atoms in total. The zero-order valence-electron chi connectivity index (χ0n) is 14.9. The Morgan fingerprint density at radius 2 is 1.96 bits per heavy atom. The Kier molecular flexibility index (Phi) is 6.14. The number of fused-ring (bicyclic) bond motifs is 1. The van der Waals surface area contributed by atoms with E-state index in [9.17, 15) is 9.59 Å². The van der Waals surface area contributed by atoms with Gasteiger partial charge in [-0.05, 0) is 24.6 Å². The Morgan fingerprint density at radius 1 is 1.15 bits per heavy atom. The number of carbonyl (C=O) groups excluding carboxylic acids is 1. The lowest BCUT2D eigenvalue weighted by Crippen LogP contribution is -2.15. The molecule has 0 saturated heterocycles. The summed E-state index contributed by atoms with van der Waals surface area (Å²) in [6.45, 7) is 2.21. The molecule has 0 amide bonds. The third kappa shape index (κ3) is 4.49. The average molecular weight is 387 g/mol. The van der Waals surface area contributed by atoms with Crippen molar-refractivity contribution in [3.8, 4) is 16.9 Å². The molecule has 1 aromatic heterocycles. The molecule has 27 heavy (non-hydrogen) atoms. The van der Waals surface area contributed by atoms with Crippen LogP contribution in [0.4, 0.5) is 0 Å². The molecule has 6 heteroatoms.